The molecule has 0 spiro atoms. The van der Waals surface area contributed by atoms with Crippen molar-refractivity contribution in [3.8, 4) is 0 Å². The fourth-order valence-electron chi connectivity index (χ4n) is 3.01. The molecular weight excluding hydrogens is 344 g/mol. The van der Waals surface area contributed by atoms with Gasteiger partial charge in [-0.3, -0.25) is 9.79 Å². The summed E-state index contributed by atoms with van der Waals surface area (Å²) in [6.45, 7) is 0.206. The van der Waals surface area contributed by atoms with Crippen LogP contribution in [-0.2, 0) is 22.6 Å². The van der Waals surface area contributed by atoms with E-state index in [0.717, 1.165) is 22.4 Å². The van der Waals surface area contributed by atoms with Crippen molar-refractivity contribution < 1.29 is 13.9 Å². The molecule has 7 heteroatoms. The number of hydrogen-bond acceptors (Lipinski definition) is 7. The van der Waals surface area contributed by atoms with Crippen molar-refractivity contribution in [2.75, 3.05) is 12.4 Å². The average Bonchev–Trinajstić information content (AvgIpc) is 3.08. The summed E-state index contributed by atoms with van der Waals surface area (Å²) in [5.41, 5.74) is 3.59. The minimum atomic E-state index is -0.816. The van der Waals surface area contributed by atoms with Gasteiger partial charge in [-0.1, -0.05) is 59.7 Å². The van der Waals surface area contributed by atoms with Gasteiger partial charge in [0.15, 0.2) is 11.9 Å². The molecule has 1 aromatic heterocycles. The van der Waals surface area contributed by atoms with Crippen LogP contribution in [0.3, 0.4) is 0 Å². The van der Waals surface area contributed by atoms with E-state index < -0.39 is 6.17 Å². The third-order valence-electron chi connectivity index (χ3n) is 4.24. The number of fused-ring (bicyclic) bond motifs is 1. The Hall–Kier alpha value is -3.32. The Kier molecular flexibility index (Phi) is 4.76. The smallest absolute Gasteiger partial charge is 0.317 e. The summed E-state index contributed by atoms with van der Waals surface area (Å²) in [6, 6.07) is 17.8. The first-order valence-corrected chi connectivity index (χ1v) is 8.56. The molecule has 2 heterocycles. The van der Waals surface area contributed by atoms with Crippen molar-refractivity contribution in [2.24, 2.45) is 4.99 Å². The number of ketones is 1. The summed E-state index contributed by atoms with van der Waals surface area (Å²) < 4.78 is 10.4. The summed E-state index contributed by atoms with van der Waals surface area (Å²) in [5, 5.41) is 10.7. The van der Waals surface area contributed by atoms with E-state index in [9.17, 15) is 4.79 Å². The lowest BCUT2D eigenvalue weighted by Crippen LogP contribution is -2.29. The SMILES string of the molecule is COCc1nnc(NC2N=C(c3ccccc3)c3ccccc3CC2=O)o1. The van der Waals surface area contributed by atoms with Crippen molar-refractivity contribution in [2.45, 2.75) is 19.2 Å². The molecule has 1 aliphatic heterocycles. The fourth-order valence-corrected chi connectivity index (χ4v) is 3.01. The van der Waals surface area contributed by atoms with Crippen LogP contribution in [0, 0.1) is 0 Å². The van der Waals surface area contributed by atoms with Crippen LogP contribution in [0.2, 0.25) is 0 Å². The van der Waals surface area contributed by atoms with Crippen molar-refractivity contribution in [1.82, 2.24) is 10.2 Å². The van der Waals surface area contributed by atoms with Crippen LogP contribution in [0.15, 0.2) is 64.0 Å². The van der Waals surface area contributed by atoms with Gasteiger partial charge in [0.1, 0.15) is 6.61 Å². The van der Waals surface area contributed by atoms with Crippen molar-refractivity contribution in [1.29, 1.82) is 0 Å². The summed E-state index contributed by atoms with van der Waals surface area (Å²) in [4.78, 5) is 17.5. The fraction of sp³-hybridized carbons (Fsp3) is 0.200. The molecule has 1 aliphatic rings. The van der Waals surface area contributed by atoms with Gasteiger partial charge >= 0.3 is 6.01 Å². The average molecular weight is 362 g/mol. The van der Waals surface area contributed by atoms with Gasteiger partial charge in [-0.25, -0.2) is 0 Å². The molecule has 1 unspecified atom stereocenters. The summed E-state index contributed by atoms with van der Waals surface area (Å²) in [5.74, 6) is 0.261. The Morgan fingerprint density at radius 2 is 1.89 bits per heavy atom. The Labute approximate surface area is 156 Å². The van der Waals surface area contributed by atoms with Gasteiger partial charge in [0, 0.05) is 24.7 Å². The molecule has 0 saturated carbocycles. The van der Waals surface area contributed by atoms with E-state index in [0.29, 0.717) is 5.89 Å². The first-order valence-electron chi connectivity index (χ1n) is 8.56. The van der Waals surface area contributed by atoms with Gasteiger partial charge in [0.2, 0.25) is 5.89 Å². The predicted molar refractivity (Wildman–Crippen MR) is 99.7 cm³/mol. The second kappa shape index (κ2) is 7.51. The van der Waals surface area contributed by atoms with Crippen LogP contribution < -0.4 is 5.32 Å². The third-order valence-corrected chi connectivity index (χ3v) is 4.24. The molecule has 27 heavy (non-hydrogen) atoms. The molecule has 0 amide bonds. The Morgan fingerprint density at radius 1 is 1.11 bits per heavy atom. The highest BCUT2D eigenvalue weighted by Gasteiger charge is 2.27. The number of nitrogens with zero attached hydrogens (tertiary/aromatic N) is 3. The molecule has 4 rings (SSSR count). The Balaban J connectivity index is 1.72. The number of nitrogens with one attached hydrogen (secondary N) is 1. The normalized spacial score (nSPS) is 16.4. The van der Waals surface area contributed by atoms with Gasteiger partial charge in [-0.2, -0.15) is 0 Å². The largest absolute Gasteiger partial charge is 0.406 e. The summed E-state index contributed by atoms with van der Waals surface area (Å²) in [7, 11) is 1.54. The molecule has 2 aromatic carbocycles. The lowest BCUT2D eigenvalue weighted by Gasteiger charge is -2.11. The topological polar surface area (TPSA) is 89.6 Å². The van der Waals surface area contributed by atoms with Crippen LogP contribution in [0.1, 0.15) is 22.6 Å². The quantitative estimate of drug-likeness (QED) is 0.750. The standard InChI is InChI=1S/C20H18N4O3/c1-26-12-17-23-24-20(27-17)22-19-16(25)11-14-9-5-6-10-15(14)18(21-19)13-7-3-2-4-8-13/h2-10,19H,11-12H2,1H3,(H,22,24). The van der Waals surface area contributed by atoms with Crippen molar-refractivity contribution in [3.63, 3.8) is 0 Å². The van der Waals surface area contributed by atoms with E-state index in [2.05, 4.69) is 15.5 Å². The van der Waals surface area contributed by atoms with Crippen LogP contribution in [-0.4, -0.2) is 35.0 Å². The van der Waals surface area contributed by atoms with Crippen LogP contribution in [0.5, 0.6) is 0 Å². The molecule has 7 nitrogen and oxygen atoms in total. The first kappa shape index (κ1) is 17.1. The van der Waals surface area contributed by atoms with Gasteiger partial charge < -0.3 is 14.5 Å². The number of hydrogen-bond donors (Lipinski definition) is 1. The van der Waals surface area contributed by atoms with Crippen LogP contribution >= 0.6 is 0 Å². The number of aromatic nitrogens is 2. The number of methoxy groups -OCH3 is 1. The van der Waals surface area contributed by atoms with E-state index in [1.165, 1.54) is 0 Å². The molecular formula is C20H18N4O3. The third kappa shape index (κ3) is 3.63. The Bertz CT molecular complexity index is 982. The molecule has 0 radical (unpaired) electrons. The number of carbonyl (C=O) groups is 1. The maximum atomic E-state index is 12.8. The minimum absolute atomic E-state index is 0.0696. The van der Waals surface area contributed by atoms with Crippen LogP contribution in [0.25, 0.3) is 0 Å². The summed E-state index contributed by atoms with van der Waals surface area (Å²) in [6.07, 6.45) is -0.546. The molecule has 0 aliphatic carbocycles. The highest BCUT2D eigenvalue weighted by atomic mass is 16.5. The Morgan fingerprint density at radius 3 is 2.70 bits per heavy atom. The zero-order chi connectivity index (χ0) is 18.6. The van der Waals surface area contributed by atoms with Crippen molar-refractivity contribution >= 4 is 17.5 Å². The first-order chi connectivity index (χ1) is 13.2. The van der Waals surface area contributed by atoms with E-state index in [1.807, 2.05) is 54.6 Å². The minimum Gasteiger partial charge on any atom is -0.406 e. The zero-order valence-electron chi connectivity index (χ0n) is 14.8. The van der Waals surface area contributed by atoms with Gasteiger partial charge in [-0.05, 0) is 5.56 Å². The van der Waals surface area contributed by atoms with E-state index in [4.69, 9.17) is 14.1 Å². The monoisotopic (exact) mass is 362 g/mol. The van der Waals surface area contributed by atoms with Gasteiger partial charge in [0.25, 0.3) is 0 Å². The number of Topliss-reactive ketones (excluding diaryl/α,β-unsaturated/α-hetero) is 1. The van der Waals surface area contributed by atoms with Gasteiger partial charge in [-0.15, -0.1) is 5.10 Å². The maximum absolute atomic E-state index is 12.8. The number of anilines is 1. The molecule has 1 N–H and O–H groups in total. The highest BCUT2D eigenvalue weighted by Crippen LogP contribution is 2.22. The molecule has 0 bridgehead atoms. The molecule has 1 atom stereocenters. The van der Waals surface area contributed by atoms with Crippen LogP contribution in [0.4, 0.5) is 6.01 Å². The maximum Gasteiger partial charge on any atom is 0.317 e. The zero-order valence-corrected chi connectivity index (χ0v) is 14.8. The molecule has 0 saturated heterocycles. The lowest BCUT2D eigenvalue weighted by atomic mass is 9.96. The predicted octanol–water partition coefficient (Wildman–Crippen LogP) is 2.62. The van der Waals surface area contributed by atoms with Crippen molar-refractivity contribution in [3.05, 3.63) is 77.2 Å². The summed E-state index contributed by atoms with van der Waals surface area (Å²) >= 11 is 0. The number of benzene rings is 2. The highest BCUT2D eigenvalue weighted by molar-refractivity contribution is 6.16. The number of rotatable bonds is 5. The second-order valence-electron chi connectivity index (χ2n) is 6.12. The number of aliphatic imine (C=N–C) groups is 1. The van der Waals surface area contributed by atoms with E-state index >= 15 is 0 Å². The molecule has 0 fully saturated rings. The number of ether oxygens (including phenoxy) is 1. The number of carbonyl (C=O) groups excluding carboxylic acids is 1. The second-order valence-corrected chi connectivity index (χ2v) is 6.12. The van der Waals surface area contributed by atoms with E-state index in [-0.39, 0.29) is 24.8 Å². The van der Waals surface area contributed by atoms with E-state index in [1.54, 1.807) is 7.11 Å². The van der Waals surface area contributed by atoms with Gasteiger partial charge in [0.05, 0.1) is 5.71 Å². The molecule has 3 aromatic rings. The molecule has 136 valence electrons. The lowest BCUT2D eigenvalue weighted by molar-refractivity contribution is -0.119.